The summed E-state index contributed by atoms with van der Waals surface area (Å²) in [5.74, 6) is 0.635. The van der Waals surface area contributed by atoms with E-state index in [1.54, 1.807) is 0 Å². The van der Waals surface area contributed by atoms with E-state index in [2.05, 4.69) is 0 Å². The molecular weight excluding hydrogens is 286 g/mol. The number of nitro groups is 1. The van der Waals surface area contributed by atoms with Gasteiger partial charge in [-0.2, -0.15) is 0 Å². The van der Waals surface area contributed by atoms with Crippen molar-refractivity contribution in [1.82, 2.24) is 0 Å². The quantitative estimate of drug-likeness (QED) is 0.369. The molecule has 0 unspecified atom stereocenters. The van der Waals surface area contributed by atoms with Gasteiger partial charge in [0, 0.05) is 12.1 Å². The molecule has 0 N–H and O–H groups in total. The lowest BCUT2D eigenvalue weighted by atomic mass is 10.1. The SMILES string of the molecule is Cc1cc(C)c(OC(=O)Oc2ccc([N+](=O)[O-])cc2)c(C)c1. The summed E-state index contributed by atoms with van der Waals surface area (Å²) in [6.45, 7) is 5.64. The molecule has 0 amide bonds. The molecule has 0 bridgehead atoms. The van der Waals surface area contributed by atoms with Crippen molar-refractivity contribution in [2.24, 2.45) is 0 Å². The van der Waals surface area contributed by atoms with Crippen molar-refractivity contribution in [2.75, 3.05) is 0 Å². The van der Waals surface area contributed by atoms with Gasteiger partial charge in [-0.05, 0) is 44.0 Å². The highest BCUT2D eigenvalue weighted by Gasteiger charge is 2.13. The maximum absolute atomic E-state index is 11.8. The van der Waals surface area contributed by atoms with Crippen LogP contribution in [0.1, 0.15) is 16.7 Å². The Kier molecular flexibility index (Phi) is 4.41. The Hall–Kier alpha value is -2.89. The van der Waals surface area contributed by atoms with Crippen molar-refractivity contribution >= 4 is 11.8 Å². The first-order valence-electron chi connectivity index (χ1n) is 6.59. The summed E-state index contributed by atoms with van der Waals surface area (Å²) < 4.78 is 10.2. The van der Waals surface area contributed by atoms with E-state index in [1.165, 1.54) is 24.3 Å². The molecule has 0 spiro atoms. The average Bonchev–Trinajstić information content (AvgIpc) is 2.43. The third-order valence-electron chi connectivity index (χ3n) is 3.04. The molecule has 0 aliphatic rings. The lowest BCUT2D eigenvalue weighted by Gasteiger charge is -2.11. The Morgan fingerprint density at radius 2 is 1.55 bits per heavy atom. The molecule has 0 heterocycles. The minimum absolute atomic E-state index is 0.0778. The molecule has 6 heteroatoms. The molecule has 0 aliphatic carbocycles. The number of aryl methyl sites for hydroxylation is 3. The van der Waals surface area contributed by atoms with Crippen LogP contribution in [0.15, 0.2) is 36.4 Å². The zero-order chi connectivity index (χ0) is 16.3. The molecule has 0 atom stereocenters. The van der Waals surface area contributed by atoms with Crippen molar-refractivity contribution in [1.29, 1.82) is 0 Å². The monoisotopic (exact) mass is 301 g/mol. The number of carbonyl (C=O) groups is 1. The molecule has 0 fully saturated rings. The highest BCUT2D eigenvalue weighted by molar-refractivity contribution is 5.68. The summed E-state index contributed by atoms with van der Waals surface area (Å²) in [6, 6.07) is 9.00. The van der Waals surface area contributed by atoms with Crippen molar-refractivity contribution < 1.29 is 19.2 Å². The Labute approximate surface area is 127 Å². The molecule has 0 aliphatic heterocycles. The normalized spacial score (nSPS) is 10.1. The number of nitrogens with zero attached hydrogens (tertiary/aromatic N) is 1. The average molecular weight is 301 g/mol. The third kappa shape index (κ3) is 3.60. The number of non-ortho nitro benzene ring substituents is 1. The second-order valence-electron chi connectivity index (χ2n) is 4.93. The fraction of sp³-hybridized carbons (Fsp3) is 0.188. The number of hydrogen-bond acceptors (Lipinski definition) is 5. The van der Waals surface area contributed by atoms with Gasteiger partial charge in [-0.3, -0.25) is 10.1 Å². The lowest BCUT2D eigenvalue weighted by molar-refractivity contribution is -0.384. The zero-order valence-electron chi connectivity index (χ0n) is 12.5. The molecular formula is C16H15NO5. The van der Waals surface area contributed by atoms with Crippen molar-refractivity contribution in [3.63, 3.8) is 0 Å². The molecule has 0 aromatic heterocycles. The molecule has 2 rings (SSSR count). The molecule has 0 saturated heterocycles. The highest BCUT2D eigenvalue weighted by Crippen LogP contribution is 2.25. The van der Waals surface area contributed by atoms with Crippen LogP contribution in [-0.4, -0.2) is 11.1 Å². The van der Waals surface area contributed by atoms with Crippen LogP contribution in [0, 0.1) is 30.9 Å². The summed E-state index contributed by atoms with van der Waals surface area (Å²) in [5, 5.41) is 10.6. The van der Waals surface area contributed by atoms with Crippen LogP contribution in [-0.2, 0) is 0 Å². The lowest BCUT2D eigenvalue weighted by Crippen LogP contribution is -2.15. The van der Waals surface area contributed by atoms with E-state index >= 15 is 0 Å². The fourth-order valence-electron chi connectivity index (χ4n) is 2.16. The molecule has 0 radical (unpaired) electrons. The molecule has 0 saturated carbocycles. The van der Waals surface area contributed by atoms with Crippen molar-refractivity contribution in [3.05, 3.63) is 63.2 Å². The zero-order valence-corrected chi connectivity index (χ0v) is 12.5. The Bertz CT molecular complexity index is 699. The van der Waals surface area contributed by atoms with Crippen LogP contribution in [0.2, 0.25) is 0 Å². The van der Waals surface area contributed by atoms with Gasteiger partial charge in [0.1, 0.15) is 11.5 Å². The summed E-state index contributed by atoms with van der Waals surface area (Å²) >= 11 is 0. The van der Waals surface area contributed by atoms with Crippen LogP contribution < -0.4 is 9.47 Å². The number of carbonyl (C=O) groups excluding carboxylic acids is 1. The first-order valence-corrected chi connectivity index (χ1v) is 6.59. The van der Waals surface area contributed by atoms with Gasteiger partial charge < -0.3 is 9.47 Å². The Morgan fingerprint density at radius 3 is 2.05 bits per heavy atom. The van der Waals surface area contributed by atoms with Gasteiger partial charge in [-0.25, -0.2) is 4.79 Å². The Balaban J connectivity index is 2.09. The minimum atomic E-state index is -0.885. The standard InChI is InChI=1S/C16H15NO5/c1-10-8-11(2)15(12(3)9-10)22-16(18)21-14-6-4-13(5-7-14)17(19)20/h4-9H,1-3H3. The maximum Gasteiger partial charge on any atom is 0.519 e. The largest absolute Gasteiger partial charge is 0.519 e. The summed E-state index contributed by atoms with van der Waals surface area (Å²) in [6.07, 6.45) is -0.885. The number of nitro benzene ring substituents is 1. The second-order valence-corrected chi connectivity index (χ2v) is 4.93. The maximum atomic E-state index is 11.8. The van der Waals surface area contributed by atoms with E-state index in [9.17, 15) is 14.9 Å². The molecule has 22 heavy (non-hydrogen) atoms. The van der Waals surface area contributed by atoms with Gasteiger partial charge >= 0.3 is 6.16 Å². The van der Waals surface area contributed by atoms with E-state index in [1.807, 2.05) is 32.9 Å². The summed E-state index contributed by atoms with van der Waals surface area (Å²) in [7, 11) is 0. The van der Waals surface area contributed by atoms with E-state index < -0.39 is 11.1 Å². The molecule has 114 valence electrons. The molecule has 2 aromatic carbocycles. The topological polar surface area (TPSA) is 78.7 Å². The predicted octanol–water partition coefficient (Wildman–Crippen LogP) is 4.10. The summed E-state index contributed by atoms with van der Waals surface area (Å²) in [5.41, 5.74) is 2.66. The van der Waals surface area contributed by atoms with Crippen LogP contribution in [0.5, 0.6) is 11.5 Å². The number of benzene rings is 2. The fourth-order valence-corrected chi connectivity index (χ4v) is 2.16. The second kappa shape index (κ2) is 6.26. The van der Waals surface area contributed by atoms with E-state index in [-0.39, 0.29) is 11.4 Å². The number of hydrogen-bond donors (Lipinski definition) is 0. The molecule has 6 nitrogen and oxygen atoms in total. The van der Waals surface area contributed by atoms with Crippen LogP contribution in [0.4, 0.5) is 10.5 Å². The van der Waals surface area contributed by atoms with Crippen molar-refractivity contribution in [2.45, 2.75) is 20.8 Å². The minimum Gasteiger partial charge on any atom is -0.395 e. The van der Waals surface area contributed by atoms with Gasteiger partial charge in [-0.15, -0.1) is 0 Å². The van der Waals surface area contributed by atoms with Gasteiger partial charge in [-0.1, -0.05) is 17.7 Å². The Morgan fingerprint density at radius 1 is 1.00 bits per heavy atom. The van der Waals surface area contributed by atoms with Gasteiger partial charge in [0.2, 0.25) is 0 Å². The third-order valence-corrected chi connectivity index (χ3v) is 3.04. The molecule has 2 aromatic rings. The van der Waals surface area contributed by atoms with Gasteiger partial charge in [0.15, 0.2) is 0 Å². The van der Waals surface area contributed by atoms with E-state index in [4.69, 9.17) is 9.47 Å². The first kappa shape index (κ1) is 15.5. The smallest absolute Gasteiger partial charge is 0.395 e. The van der Waals surface area contributed by atoms with E-state index in [0.717, 1.165) is 16.7 Å². The first-order chi connectivity index (χ1) is 10.4. The van der Waals surface area contributed by atoms with Gasteiger partial charge in [0.05, 0.1) is 4.92 Å². The van der Waals surface area contributed by atoms with Crippen LogP contribution in [0.3, 0.4) is 0 Å². The summed E-state index contributed by atoms with van der Waals surface area (Å²) in [4.78, 5) is 21.8. The highest BCUT2D eigenvalue weighted by atomic mass is 16.7. The number of ether oxygens (including phenoxy) is 2. The van der Waals surface area contributed by atoms with Crippen molar-refractivity contribution in [3.8, 4) is 11.5 Å². The van der Waals surface area contributed by atoms with E-state index in [0.29, 0.717) is 5.75 Å². The predicted molar refractivity (Wildman–Crippen MR) is 80.4 cm³/mol. The van der Waals surface area contributed by atoms with Crippen LogP contribution >= 0.6 is 0 Å². The van der Waals surface area contributed by atoms with Gasteiger partial charge in [0.25, 0.3) is 5.69 Å². The number of rotatable bonds is 3. The van der Waals surface area contributed by atoms with Crippen LogP contribution in [0.25, 0.3) is 0 Å².